The molecule has 0 spiro atoms. The van der Waals surface area contributed by atoms with Gasteiger partial charge in [-0.1, -0.05) is 18.8 Å². The van der Waals surface area contributed by atoms with Gasteiger partial charge in [0.15, 0.2) is 0 Å². The molecule has 1 saturated carbocycles. The summed E-state index contributed by atoms with van der Waals surface area (Å²) < 4.78 is 0. The summed E-state index contributed by atoms with van der Waals surface area (Å²) in [5.41, 5.74) is 1.19. The van der Waals surface area contributed by atoms with Gasteiger partial charge in [-0.2, -0.15) is 0 Å². The fourth-order valence-electron chi connectivity index (χ4n) is 2.68. The van der Waals surface area contributed by atoms with Crippen molar-refractivity contribution in [2.75, 3.05) is 20.6 Å². The third-order valence-corrected chi connectivity index (χ3v) is 4.14. The minimum absolute atomic E-state index is 0.582. The van der Waals surface area contributed by atoms with E-state index in [1.54, 1.807) is 0 Å². The monoisotopic (exact) mass is 300 g/mol. The van der Waals surface area contributed by atoms with E-state index in [1.165, 1.54) is 31.2 Å². The number of hydrogen-bond donors (Lipinski definition) is 1. The summed E-state index contributed by atoms with van der Waals surface area (Å²) in [4.78, 5) is 10.9. The summed E-state index contributed by atoms with van der Waals surface area (Å²) in [5, 5.41) is 3.59. The first-order chi connectivity index (χ1) is 10.7. The van der Waals surface area contributed by atoms with Crippen LogP contribution in [-0.4, -0.2) is 41.5 Å². The van der Waals surface area contributed by atoms with Gasteiger partial charge < -0.3 is 5.32 Å². The van der Waals surface area contributed by atoms with Crippen molar-refractivity contribution in [3.05, 3.63) is 23.8 Å². The lowest BCUT2D eigenvalue weighted by Gasteiger charge is -2.26. The first-order valence-electron chi connectivity index (χ1n) is 8.33. The van der Waals surface area contributed by atoms with E-state index in [9.17, 15) is 0 Å². The molecule has 2 rings (SSSR count). The van der Waals surface area contributed by atoms with E-state index in [0.717, 1.165) is 25.3 Å². The second-order valence-corrected chi connectivity index (χ2v) is 6.35. The van der Waals surface area contributed by atoms with Gasteiger partial charge >= 0.3 is 0 Å². The number of rotatable bonds is 5. The molecule has 1 aliphatic carbocycles. The van der Waals surface area contributed by atoms with Gasteiger partial charge in [0, 0.05) is 24.4 Å². The van der Waals surface area contributed by atoms with E-state index in [0.29, 0.717) is 12.0 Å². The number of nitrogens with zero attached hydrogens (tertiary/aromatic N) is 3. The Hall–Kier alpha value is -1.44. The number of hydrogen-bond acceptors (Lipinski definition) is 4. The van der Waals surface area contributed by atoms with Gasteiger partial charge in [0.2, 0.25) is 0 Å². The molecule has 0 atom stereocenters. The largest absolute Gasteiger partial charge is 0.307 e. The summed E-state index contributed by atoms with van der Waals surface area (Å²) in [6, 6.07) is 0.585. The molecule has 4 nitrogen and oxygen atoms in total. The van der Waals surface area contributed by atoms with Gasteiger partial charge in [-0.3, -0.25) is 4.90 Å². The molecule has 1 fully saturated rings. The van der Waals surface area contributed by atoms with Crippen LogP contribution in [0.5, 0.6) is 0 Å². The van der Waals surface area contributed by atoms with E-state index in [-0.39, 0.29) is 0 Å². The molecule has 1 N–H and O–H groups in total. The van der Waals surface area contributed by atoms with Crippen molar-refractivity contribution >= 4 is 0 Å². The third kappa shape index (κ3) is 5.75. The van der Waals surface area contributed by atoms with Crippen LogP contribution in [0.25, 0.3) is 0 Å². The molecule has 0 aromatic carbocycles. The van der Waals surface area contributed by atoms with E-state index < -0.39 is 0 Å². The molecule has 120 valence electrons. The topological polar surface area (TPSA) is 41.1 Å². The highest BCUT2D eigenvalue weighted by Crippen LogP contribution is 2.23. The second kappa shape index (κ2) is 8.87. The highest BCUT2D eigenvalue weighted by Gasteiger charge is 2.19. The fraction of sp³-hybridized carbons (Fsp3) is 0.667. The fourth-order valence-corrected chi connectivity index (χ4v) is 2.68. The van der Waals surface area contributed by atoms with Gasteiger partial charge in [-0.05, 0) is 51.8 Å². The Labute approximate surface area is 134 Å². The third-order valence-electron chi connectivity index (χ3n) is 4.14. The predicted molar refractivity (Wildman–Crippen MR) is 90.3 cm³/mol. The van der Waals surface area contributed by atoms with Crippen LogP contribution in [0.15, 0.2) is 12.4 Å². The van der Waals surface area contributed by atoms with Crippen molar-refractivity contribution in [3.8, 4) is 11.8 Å². The second-order valence-electron chi connectivity index (χ2n) is 6.35. The van der Waals surface area contributed by atoms with Crippen molar-refractivity contribution in [3.63, 3.8) is 0 Å². The first kappa shape index (κ1) is 16.9. The minimum Gasteiger partial charge on any atom is -0.307 e. The van der Waals surface area contributed by atoms with Crippen LogP contribution in [0.2, 0.25) is 0 Å². The van der Waals surface area contributed by atoms with Gasteiger partial charge in [0.25, 0.3) is 0 Å². The zero-order valence-electron chi connectivity index (χ0n) is 14.1. The van der Waals surface area contributed by atoms with E-state index in [1.807, 2.05) is 12.4 Å². The maximum Gasteiger partial charge on any atom is 0.141 e. The number of aromatic nitrogens is 2. The molecule has 0 unspecified atom stereocenters. The van der Waals surface area contributed by atoms with Crippen molar-refractivity contribution in [2.45, 2.75) is 51.6 Å². The average molecular weight is 300 g/mol. The Kier molecular flexibility index (Phi) is 6.82. The summed E-state index contributed by atoms with van der Waals surface area (Å²) in [7, 11) is 4.12. The van der Waals surface area contributed by atoms with Crippen LogP contribution in [0.3, 0.4) is 0 Å². The normalized spacial score (nSPS) is 21.5. The van der Waals surface area contributed by atoms with E-state index in [2.05, 4.69) is 53.0 Å². The lowest BCUT2D eigenvalue weighted by molar-refractivity contribution is 0.330. The molecular formula is C18H28N4. The lowest BCUT2D eigenvalue weighted by Crippen LogP contribution is -2.33. The Morgan fingerprint density at radius 3 is 2.45 bits per heavy atom. The zero-order valence-corrected chi connectivity index (χ0v) is 14.1. The Morgan fingerprint density at radius 1 is 1.18 bits per heavy atom. The molecular weight excluding hydrogens is 272 g/mol. The van der Waals surface area contributed by atoms with Gasteiger partial charge in [0.1, 0.15) is 5.82 Å². The number of aryl methyl sites for hydroxylation is 1. The molecule has 1 heterocycles. The smallest absolute Gasteiger partial charge is 0.141 e. The quantitative estimate of drug-likeness (QED) is 0.847. The van der Waals surface area contributed by atoms with Crippen molar-refractivity contribution in [2.24, 2.45) is 5.92 Å². The van der Waals surface area contributed by atoms with E-state index in [4.69, 9.17) is 0 Å². The first-order valence-corrected chi connectivity index (χ1v) is 8.33. The van der Waals surface area contributed by atoms with Crippen LogP contribution in [0.4, 0.5) is 0 Å². The van der Waals surface area contributed by atoms with Crippen LogP contribution >= 0.6 is 0 Å². The van der Waals surface area contributed by atoms with Crippen molar-refractivity contribution < 1.29 is 0 Å². The maximum atomic E-state index is 4.41. The van der Waals surface area contributed by atoms with Crippen LogP contribution in [0, 0.1) is 17.8 Å². The standard InChI is InChI=1S/C18H28N4/c1-4-15-12-20-18(21-13-15)14-19-17-9-7-16(8-10-17)6-5-11-22(2)3/h12-13,16-17,19H,4,7-11,14H2,1-3H3. The molecule has 0 radical (unpaired) electrons. The summed E-state index contributed by atoms with van der Waals surface area (Å²) in [6.45, 7) is 3.76. The SMILES string of the molecule is CCc1cnc(CNC2CCC(C#CCN(C)C)CC2)nc1. The molecule has 1 aromatic heterocycles. The highest BCUT2D eigenvalue weighted by atomic mass is 15.0. The Bertz CT molecular complexity index is 490. The maximum absolute atomic E-state index is 4.41. The van der Waals surface area contributed by atoms with Crippen molar-refractivity contribution in [1.82, 2.24) is 20.2 Å². The van der Waals surface area contributed by atoms with Crippen molar-refractivity contribution in [1.29, 1.82) is 0 Å². The molecule has 0 saturated heterocycles. The highest BCUT2D eigenvalue weighted by molar-refractivity contribution is 5.07. The average Bonchev–Trinajstić information content (AvgIpc) is 2.54. The predicted octanol–water partition coefficient (Wildman–Crippen LogP) is 2.25. The minimum atomic E-state index is 0.582. The Balaban J connectivity index is 1.69. The van der Waals surface area contributed by atoms with Gasteiger partial charge in [-0.25, -0.2) is 9.97 Å². The molecule has 0 aliphatic heterocycles. The lowest BCUT2D eigenvalue weighted by atomic mass is 9.86. The molecule has 1 aliphatic rings. The summed E-state index contributed by atoms with van der Waals surface area (Å²) in [5.74, 6) is 8.16. The molecule has 22 heavy (non-hydrogen) atoms. The van der Waals surface area contributed by atoms with Gasteiger partial charge in [0.05, 0.1) is 13.1 Å². The van der Waals surface area contributed by atoms with Crippen LogP contribution in [0.1, 0.15) is 44.0 Å². The molecule has 4 heteroatoms. The van der Waals surface area contributed by atoms with E-state index >= 15 is 0 Å². The van der Waals surface area contributed by atoms with Gasteiger partial charge in [-0.15, -0.1) is 0 Å². The van der Waals surface area contributed by atoms with Crippen LogP contribution < -0.4 is 5.32 Å². The molecule has 0 amide bonds. The molecule has 0 bridgehead atoms. The molecule has 1 aromatic rings. The zero-order chi connectivity index (χ0) is 15.8. The Morgan fingerprint density at radius 2 is 1.86 bits per heavy atom. The summed E-state index contributed by atoms with van der Waals surface area (Å²) >= 11 is 0. The summed E-state index contributed by atoms with van der Waals surface area (Å²) in [6.07, 6.45) is 9.67. The number of nitrogens with one attached hydrogen (secondary N) is 1. The van der Waals surface area contributed by atoms with Crippen LogP contribution in [-0.2, 0) is 13.0 Å².